The van der Waals surface area contributed by atoms with E-state index in [1.165, 1.54) is 0 Å². The van der Waals surface area contributed by atoms with Gasteiger partial charge in [0.2, 0.25) is 5.95 Å². The van der Waals surface area contributed by atoms with E-state index < -0.39 is 12.1 Å². The van der Waals surface area contributed by atoms with E-state index in [9.17, 15) is 13.2 Å². The molecule has 0 radical (unpaired) electrons. The number of fused-ring (bicyclic) bond motifs is 1. The number of imidazole rings is 1. The van der Waals surface area contributed by atoms with Gasteiger partial charge in [-0.05, 0) is 43.5 Å². The summed E-state index contributed by atoms with van der Waals surface area (Å²) in [6.45, 7) is 8.40. The van der Waals surface area contributed by atoms with Crippen molar-refractivity contribution in [2.24, 2.45) is 7.05 Å². The summed E-state index contributed by atoms with van der Waals surface area (Å²) in [7, 11) is 3.70. The highest BCUT2D eigenvalue weighted by Crippen LogP contribution is 2.35. The fourth-order valence-corrected chi connectivity index (χ4v) is 4.04. The van der Waals surface area contributed by atoms with Gasteiger partial charge in [-0.15, -0.1) is 0 Å². The van der Waals surface area contributed by atoms with Gasteiger partial charge in [-0.3, -0.25) is 0 Å². The molecule has 192 valence electrons. The number of hydrogen-bond acceptors (Lipinski definition) is 6. The molecule has 0 atom stereocenters. The number of carboxylic acids is 1. The van der Waals surface area contributed by atoms with Gasteiger partial charge in [0, 0.05) is 30.8 Å². The molecule has 2 N–H and O–H groups in total. The molecule has 3 aromatic rings. The van der Waals surface area contributed by atoms with E-state index in [1.54, 1.807) is 7.11 Å². The molecule has 0 spiro atoms. The molecule has 2 heterocycles. The summed E-state index contributed by atoms with van der Waals surface area (Å²) in [4.78, 5) is 20.8. The minimum Gasteiger partial charge on any atom is -0.495 e. The minimum atomic E-state index is -5.08. The maximum Gasteiger partial charge on any atom is 0.490 e. The molecule has 0 amide bonds. The van der Waals surface area contributed by atoms with Crippen molar-refractivity contribution in [1.82, 2.24) is 14.5 Å². The SMILES string of the molecule is CCCN(CCC)c1nccc2nc(Nc3c(C)cc(Br)cc3OC)n(C)c12.O=C(O)C(F)(F)F. The number of alkyl halides is 3. The van der Waals surface area contributed by atoms with Gasteiger partial charge in [0.05, 0.1) is 18.3 Å². The Bertz CT molecular complexity index is 1160. The van der Waals surface area contributed by atoms with Crippen LogP contribution in [0, 0.1) is 6.92 Å². The van der Waals surface area contributed by atoms with Crippen LogP contribution in [-0.4, -0.2) is 52.0 Å². The predicted octanol–water partition coefficient (Wildman–Crippen LogP) is 6.05. The number of benzene rings is 1. The average molecular weight is 560 g/mol. The zero-order valence-corrected chi connectivity index (χ0v) is 21.8. The summed E-state index contributed by atoms with van der Waals surface area (Å²) in [6, 6.07) is 5.98. The number of aryl methyl sites for hydroxylation is 2. The zero-order valence-electron chi connectivity index (χ0n) is 20.2. The Hall–Kier alpha value is -3.02. The van der Waals surface area contributed by atoms with Crippen LogP contribution in [0.2, 0.25) is 0 Å². The van der Waals surface area contributed by atoms with Crippen molar-refractivity contribution >= 4 is 50.4 Å². The van der Waals surface area contributed by atoms with E-state index >= 15 is 0 Å². The van der Waals surface area contributed by atoms with Crippen LogP contribution in [0.5, 0.6) is 5.75 Å². The average Bonchev–Trinajstić information content (AvgIpc) is 3.10. The Balaban J connectivity index is 0.000000540. The Labute approximate surface area is 210 Å². The van der Waals surface area contributed by atoms with Gasteiger partial charge in [-0.2, -0.15) is 13.2 Å². The molecule has 35 heavy (non-hydrogen) atoms. The summed E-state index contributed by atoms with van der Waals surface area (Å²) < 4.78 is 40.4. The van der Waals surface area contributed by atoms with Crippen LogP contribution in [0.1, 0.15) is 32.3 Å². The third kappa shape index (κ3) is 7.00. The molecule has 0 bridgehead atoms. The minimum absolute atomic E-state index is 0.765. The highest BCUT2D eigenvalue weighted by molar-refractivity contribution is 9.10. The lowest BCUT2D eigenvalue weighted by Gasteiger charge is -2.23. The smallest absolute Gasteiger partial charge is 0.490 e. The first-order chi connectivity index (χ1) is 16.4. The first kappa shape index (κ1) is 28.2. The van der Waals surface area contributed by atoms with Crippen LogP contribution in [-0.2, 0) is 11.8 Å². The number of aromatic nitrogens is 3. The number of methoxy groups -OCH3 is 1. The molecule has 0 aliphatic rings. The maximum absolute atomic E-state index is 10.6. The van der Waals surface area contributed by atoms with Crippen LogP contribution in [0.3, 0.4) is 0 Å². The molecule has 0 saturated heterocycles. The standard InChI is InChI=1S/C21H28BrN5O.C2HF3O2/c1-6-10-27(11-7-2)20-19-16(8-9-23-20)24-21(26(19)4)25-18-14(3)12-15(22)13-17(18)28-5;3-2(4,5)1(6)7/h8-9,12-13H,6-7,10-11H2,1-5H3,(H,24,25);(H,6,7). The number of anilines is 3. The Kier molecular flexibility index (Phi) is 9.75. The number of ether oxygens (including phenoxy) is 1. The van der Waals surface area contributed by atoms with Crippen molar-refractivity contribution in [3.05, 3.63) is 34.4 Å². The monoisotopic (exact) mass is 559 g/mol. The number of nitrogens with one attached hydrogen (secondary N) is 1. The van der Waals surface area contributed by atoms with Crippen molar-refractivity contribution in [2.45, 2.75) is 39.8 Å². The fourth-order valence-electron chi connectivity index (χ4n) is 3.49. The van der Waals surface area contributed by atoms with Crippen LogP contribution in [0.4, 0.5) is 30.6 Å². The molecule has 0 aliphatic heterocycles. The molecule has 3 rings (SSSR count). The molecule has 0 saturated carbocycles. The number of nitrogens with zero attached hydrogens (tertiary/aromatic N) is 4. The summed E-state index contributed by atoms with van der Waals surface area (Å²) in [5.74, 6) is -0.229. The Morgan fingerprint density at radius 2 is 1.86 bits per heavy atom. The van der Waals surface area contributed by atoms with Crippen molar-refractivity contribution in [1.29, 1.82) is 0 Å². The van der Waals surface area contributed by atoms with Crippen LogP contribution in [0.15, 0.2) is 28.9 Å². The van der Waals surface area contributed by atoms with E-state index in [0.717, 1.165) is 70.2 Å². The quantitative estimate of drug-likeness (QED) is 0.347. The first-order valence-electron chi connectivity index (χ1n) is 10.9. The normalized spacial score (nSPS) is 11.1. The van der Waals surface area contributed by atoms with Gasteiger partial charge >= 0.3 is 12.1 Å². The number of pyridine rings is 1. The molecular weight excluding hydrogens is 531 g/mol. The second kappa shape index (κ2) is 12.1. The second-order valence-corrected chi connectivity index (χ2v) is 8.63. The molecule has 1 aromatic carbocycles. The van der Waals surface area contributed by atoms with Crippen LogP contribution < -0.4 is 15.0 Å². The maximum atomic E-state index is 10.6. The number of hydrogen-bond donors (Lipinski definition) is 2. The van der Waals surface area contributed by atoms with Crippen LogP contribution in [0.25, 0.3) is 11.0 Å². The largest absolute Gasteiger partial charge is 0.495 e. The van der Waals surface area contributed by atoms with E-state index in [0.29, 0.717) is 0 Å². The van der Waals surface area contributed by atoms with E-state index in [4.69, 9.17) is 24.6 Å². The van der Waals surface area contributed by atoms with E-state index in [-0.39, 0.29) is 0 Å². The summed E-state index contributed by atoms with van der Waals surface area (Å²) in [6.07, 6.45) is -1.08. The molecule has 0 unspecified atom stereocenters. The highest BCUT2D eigenvalue weighted by atomic mass is 79.9. The second-order valence-electron chi connectivity index (χ2n) is 7.71. The molecule has 0 aliphatic carbocycles. The molecule has 0 fully saturated rings. The molecule has 2 aromatic heterocycles. The number of rotatable bonds is 8. The summed E-state index contributed by atoms with van der Waals surface area (Å²) >= 11 is 3.53. The van der Waals surface area contributed by atoms with Gasteiger partial charge in [-0.25, -0.2) is 14.8 Å². The Morgan fingerprint density at radius 1 is 1.26 bits per heavy atom. The predicted molar refractivity (Wildman–Crippen MR) is 134 cm³/mol. The molecule has 8 nitrogen and oxygen atoms in total. The van der Waals surface area contributed by atoms with Gasteiger partial charge < -0.3 is 24.6 Å². The molecule has 12 heteroatoms. The lowest BCUT2D eigenvalue weighted by atomic mass is 10.2. The zero-order chi connectivity index (χ0) is 26.3. The van der Waals surface area contributed by atoms with Gasteiger partial charge in [0.15, 0.2) is 5.82 Å². The van der Waals surface area contributed by atoms with Gasteiger partial charge in [0.1, 0.15) is 11.3 Å². The third-order valence-corrected chi connectivity index (χ3v) is 5.47. The van der Waals surface area contributed by atoms with E-state index in [1.807, 2.05) is 25.4 Å². The lowest BCUT2D eigenvalue weighted by Crippen LogP contribution is -2.26. The summed E-state index contributed by atoms with van der Waals surface area (Å²) in [5.41, 5.74) is 3.97. The Morgan fingerprint density at radius 3 is 2.37 bits per heavy atom. The van der Waals surface area contributed by atoms with Gasteiger partial charge in [-0.1, -0.05) is 29.8 Å². The van der Waals surface area contributed by atoms with Crippen molar-refractivity contribution in [2.75, 3.05) is 30.4 Å². The summed E-state index contributed by atoms with van der Waals surface area (Å²) in [5, 5.41) is 10.6. The van der Waals surface area contributed by atoms with E-state index in [2.05, 4.69) is 57.6 Å². The number of carbonyl (C=O) groups is 1. The third-order valence-electron chi connectivity index (χ3n) is 5.01. The lowest BCUT2D eigenvalue weighted by molar-refractivity contribution is -0.192. The number of halogens is 4. The topological polar surface area (TPSA) is 92.5 Å². The number of carboxylic acid groups (broad SMARTS) is 1. The van der Waals surface area contributed by atoms with Gasteiger partial charge in [0.25, 0.3) is 0 Å². The fraction of sp³-hybridized carbons (Fsp3) is 0.435. The van der Waals surface area contributed by atoms with Crippen molar-refractivity contribution in [3.8, 4) is 5.75 Å². The van der Waals surface area contributed by atoms with Crippen molar-refractivity contribution in [3.63, 3.8) is 0 Å². The van der Waals surface area contributed by atoms with Crippen molar-refractivity contribution < 1.29 is 27.8 Å². The number of aliphatic carboxylic acids is 1. The molecular formula is C23H29BrF3N5O3. The first-order valence-corrected chi connectivity index (χ1v) is 11.7. The van der Waals surface area contributed by atoms with Crippen LogP contribution >= 0.6 is 15.9 Å². The highest BCUT2D eigenvalue weighted by Gasteiger charge is 2.38.